The number of hydrogen-bond acceptors (Lipinski definition) is 3. The summed E-state index contributed by atoms with van der Waals surface area (Å²) in [7, 11) is 0. The molecule has 0 atom stereocenters. The third-order valence-corrected chi connectivity index (χ3v) is 2.31. The summed E-state index contributed by atoms with van der Waals surface area (Å²) in [6.07, 6.45) is 2.47. The number of halogens is 1. The van der Waals surface area contributed by atoms with Crippen molar-refractivity contribution in [1.82, 2.24) is 4.98 Å². The van der Waals surface area contributed by atoms with Crippen LogP contribution in [0, 0.1) is 11.2 Å². The number of anilines is 1. The Labute approximate surface area is 89.9 Å². The first kappa shape index (κ1) is 11.9. The average Bonchev–Trinajstić information content (AvgIpc) is 2.16. The fraction of sp³-hybridized carbons (Fsp3) is 0.545. The molecule has 15 heavy (non-hydrogen) atoms. The number of rotatable bonds is 5. The van der Waals surface area contributed by atoms with E-state index in [2.05, 4.69) is 24.1 Å². The van der Waals surface area contributed by atoms with E-state index in [0.717, 1.165) is 6.42 Å². The highest BCUT2D eigenvalue weighted by Crippen LogP contribution is 2.20. The zero-order valence-corrected chi connectivity index (χ0v) is 9.26. The molecule has 0 aliphatic rings. The molecular weight excluding hydrogens is 193 g/mol. The van der Waals surface area contributed by atoms with E-state index in [4.69, 9.17) is 5.73 Å². The minimum Gasteiger partial charge on any atom is -0.367 e. The normalized spacial score (nSPS) is 11.5. The van der Waals surface area contributed by atoms with Gasteiger partial charge in [0, 0.05) is 12.7 Å². The molecule has 1 rings (SSSR count). The third-order valence-electron chi connectivity index (χ3n) is 2.31. The number of pyridine rings is 1. The van der Waals surface area contributed by atoms with Crippen molar-refractivity contribution in [3.05, 3.63) is 24.1 Å². The van der Waals surface area contributed by atoms with Crippen molar-refractivity contribution in [1.29, 1.82) is 0 Å². The van der Waals surface area contributed by atoms with Crippen LogP contribution in [0.15, 0.2) is 18.3 Å². The number of nitrogens with zero attached hydrogens (tertiary/aromatic N) is 1. The molecule has 1 aromatic heterocycles. The molecule has 4 heteroatoms. The van der Waals surface area contributed by atoms with Crippen LogP contribution in [-0.2, 0) is 0 Å². The summed E-state index contributed by atoms with van der Waals surface area (Å²) in [6, 6.07) is 2.97. The lowest BCUT2D eigenvalue weighted by Crippen LogP contribution is -2.26. The van der Waals surface area contributed by atoms with Crippen molar-refractivity contribution in [3.8, 4) is 0 Å². The number of aromatic nitrogens is 1. The molecule has 0 aromatic carbocycles. The summed E-state index contributed by atoms with van der Waals surface area (Å²) in [5.74, 6) is -0.0105. The van der Waals surface area contributed by atoms with E-state index < -0.39 is 0 Å². The first-order chi connectivity index (χ1) is 7.05. The van der Waals surface area contributed by atoms with Gasteiger partial charge >= 0.3 is 0 Å². The van der Waals surface area contributed by atoms with Gasteiger partial charge in [-0.3, -0.25) is 0 Å². The Hall–Kier alpha value is -1.16. The molecule has 0 aliphatic heterocycles. The van der Waals surface area contributed by atoms with Crippen LogP contribution in [0.2, 0.25) is 0 Å². The Morgan fingerprint density at radius 3 is 2.87 bits per heavy atom. The van der Waals surface area contributed by atoms with Gasteiger partial charge in [0.1, 0.15) is 0 Å². The number of nitrogens with two attached hydrogens (primary N) is 1. The molecule has 0 radical (unpaired) electrons. The van der Waals surface area contributed by atoms with Gasteiger partial charge in [0.05, 0.1) is 0 Å². The Morgan fingerprint density at radius 1 is 1.53 bits per heavy atom. The monoisotopic (exact) mass is 211 g/mol. The van der Waals surface area contributed by atoms with Crippen LogP contribution in [0.5, 0.6) is 0 Å². The minimum atomic E-state index is -0.318. The van der Waals surface area contributed by atoms with Crippen molar-refractivity contribution in [2.24, 2.45) is 11.1 Å². The lowest BCUT2D eigenvalue weighted by Gasteiger charge is -2.24. The number of hydrogen-bond donors (Lipinski definition) is 2. The summed E-state index contributed by atoms with van der Waals surface area (Å²) in [6.45, 7) is 5.49. The molecular formula is C11H18FN3. The van der Waals surface area contributed by atoms with Crippen molar-refractivity contribution in [2.75, 3.05) is 18.4 Å². The van der Waals surface area contributed by atoms with Crippen molar-refractivity contribution in [3.63, 3.8) is 0 Å². The lowest BCUT2D eigenvalue weighted by atomic mass is 9.89. The largest absolute Gasteiger partial charge is 0.367 e. The van der Waals surface area contributed by atoms with Gasteiger partial charge in [-0.05, 0) is 30.5 Å². The van der Waals surface area contributed by atoms with E-state index in [-0.39, 0.29) is 11.2 Å². The van der Waals surface area contributed by atoms with Crippen LogP contribution in [0.1, 0.15) is 20.3 Å². The molecule has 0 aliphatic carbocycles. The second-order valence-corrected chi connectivity index (χ2v) is 4.39. The van der Waals surface area contributed by atoms with E-state index in [9.17, 15) is 4.39 Å². The summed E-state index contributed by atoms with van der Waals surface area (Å²) >= 11 is 0. The molecule has 84 valence electrons. The summed E-state index contributed by atoms with van der Waals surface area (Å²) in [5, 5.41) is 3.00. The van der Waals surface area contributed by atoms with E-state index >= 15 is 0 Å². The zero-order chi connectivity index (χ0) is 11.3. The van der Waals surface area contributed by atoms with Gasteiger partial charge in [0.25, 0.3) is 0 Å². The van der Waals surface area contributed by atoms with E-state index in [1.54, 1.807) is 12.3 Å². The van der Waals surface area contributed by atoms with Gasteiger partial charge < -0.3 is 11.1 Å². The molecule has 0 fully saturated rings. The van der Waals surface area contributed by atoms with E-state index in [0.29, 0.717) is 18.9 Å². The van der Waals surface area contributed by atoms with Crippen LogP contribution in [-0.4, -0.2) is 18.1 Å². The molecule has 0 spiro atoms. The summed E-state index contributed by atoms with van der Waals surface area (Å²) < 4.78 is 13.2. The molecule has 0 amide bonds. The van der Waals surface area contributed by atoms with Gasteiger partial charge in [-0.15, -0.1) is 0 Å². The smallest absolute Gasteiger partial charge is 0.165 e. The van der Waals surface area contributed by atoms with Crippen LogP contribution in [0.25, 0.3) is 0 Å². The van der Waals surface area contributed by atoms with E-state index in [1.807, 2.05) is 0 Å². The molecule has 1 heterocycles. The molecule has 0 bridgehead atoms. The minimum absolute atomic E-state index is 0.0543. The molecule has 3 N–H and O–H groups in total. The Morgan fingerprint density at radius 2 is 2.27 bits per heavy atom. The predicted molar refractivity (Wildman–Crippen MR) is 60.1 cm³/mol. The van der Waals surface area contributed by atoms with Gasteiger partial charge in [-0.2, -0.15) is 0 Å². The SMILES string of the molecule is CC(C)(CCN)CNc1ncccc1F. The van der Waals surface area contributed by atoms with Gasteiger partial charge in [0.2, 0.25) is 0 Å². The van der Waals surface area contributed by atoms with Gasteiger partial charge in [0.15, 0.2) is 11.6 Å². The molecule has 0 saturated heterocycles. The van der Waals surface area contributed by atoms with Crippen LogP contribution in [0.3, 0.4) is 0 Å². The lowest BCUT2D eigenvalue weighted by molar-refractivity contribution is 0.364. The molecule has 1 aromatic rings. The number of nitrogens with one attached hydrogen (secondary N) is 1. The second-order valence-electron chi connectivity index (χ2n) is 4.39. The Balaban J connectivity index is 2.53. The Bertz CT molecular complexity index is 312. The fourth-order valence-electron chi connectivity index (χ4n) is 1.32. The highest BCUT2D eigenvalue weighted by atomic mass is 19.1. The van der Waals surface area contributed by atoms with E-state index in [1.165, 1.54) is 6.07 Å². The van der Waals surface area contributed by atoms with Crippen molar-refractivity contribution >= 4 is 5.82 Å². The summed E-state index contributed by atoms with van der Waals surface area (Å²) in [4.78, 5) is 3.92. The highest BCUT2D eigenvalue weighted by Gasteiger charge is 2.17. The second kappa shape index (κ2) is 5.07. The van der Waals surface area contributed by atoms with Gasteiger partial charge in [-0.25, -0.2) is 9.37 Å². The predicted octanol–water partition coefficient (Wildman–Crippen LogP) is 2.01. The quantitative estimate of drug-likeness (QED) is 0.783. The van der Waals surface area contributed by atoms with Crippen LogP contribution < -0.4 is 11.1 Å². The van der Waals surface area contributed by atoms with Crippen LogP contribution in [0.4, 0.5) is 10.2 Å². The fourth-order valence-corrected chi connectivity index (χ4v) is 1.32. The van der Waals surface area contributed by atoms with Gasteiger partial charge in [-0.1, -0.05) is 13.8 Å². The standard InChI is InChI=1S/C11H18FN3/c1-11(2,5-6-13)8-15-10-9(12)4-3-7-14-10/h3-4,7H,5-6,8,13H2,1-2H3,(H,14,15). The molecule has 0 unspecified atom stereocenters. The molecule has 0 saturated carbocycles. The highest BCUT2D eigenvalue weighted by molar-refractivity contribution is 5.35. The maximum absolute atomic E-state index is 13.2. The van der Waals surface area contributed by atoms with Crippen molar-refractivity contribution < 1.29 is 4.39 Å². The Kier molecular flexibility index (Phi) is 4.03. The maximum atomic E-state index is 13.2. The molecule has 3 nitrogen and oxygen atoms in total. The topological polar surface area (TPSA) is 50.9 Å². The first-order valence-corrected chi connectivity index (χ1v) is 5.10. The van der Waals surface area contributed by atoms with Crippen molar-refractivity contribution in [2.45, 2.75) is 20.3 Å². The zero-order valence-electron chi connectivity index (χ0n) is 9.26. The third kappa shape index (κ3) is 3.83. The summed E-state index contributed by atoms with van der Waals surface area (Å²) in [5.41, 5.74) is 5.55. The van der Waals surface area contributed by atoms with Crippen LogP contribution >= 0.6 is 0 Å². The maximum Gasteiger partial charge on any atom is 0.165 e. The average molecular weight is 211 g/mol. The first-order valence-electron chi connectivity index (χ1n) is 5.10.